The first-order chi connectivity index (χ1) is 17.8. The number of nitrogens with zero attached hydrogens (tertiary/aromatic N) is 3. The highest BCUT2D eigenvalue weighted by Crippen LogP contribution is 2.38. The first-order valence-electron chi connectivity index (χ1n) is 11.9. The zero-order chi connectivity index (χ0) is 24.2. The lowest BCUT2D eigenvalue weighted by Gasteiger charge is -2.10. The summed E-state index contributed by atoms with van der Waals surface area (Å²) in [6, 6.07) is 35.5. The van der Waals surface area contributed by atoms with Crippen molar-refractivity contribution in [3.8, 4) is 22.9 Å². The van der Waals surface area contributed by atoms with Crippen molar-refractivity contribution in [2.75, 3.05) is 14.2 Å². The summed E-state index contributed by atoms with van der Waals surface area (Å²) >= 11 is 0. The Morgan fingerprint density at radius 1 is 0.528 bits per heavy atom. The van der Waals surface area contributed by atoms with Crippen LogP contribution in [0, 0.1) is 0 Å². The Hall–Kier alpha value is -4.77. The molecule has 0 fully saturated rings. The third-order valence-electron chi connectivity index (χ3n) is 6.89. The maximum Gasteiger partial charge on any atom is 0.146 e. The largest absolute Gasteiger partial charge is 0.497 e. The Morgan fingerprint density at radius 3 is 1.78 bits per heavy atom. The van der Waals surface area contributed by atoms with Crippen molar-refractivity contribution < 1.29 is 9.47 Å². The summed E-state index contributed by atoms with van der Waals surface area (Å²) in [7, 11) is 3.39. The van der Waals surface area contributed by atoms with Crippen molar-refractivity contribution >= 4 is 43.9 Å². The summed E-state index contributed by atoms with van der Waals surface area (Å²) < 4.78 is 15.6. The second kappa shape index (κ2) is 7.89. The van der Waals surface area contributed by atoms with Gasteiger partial charge in [0.15, 0.2) is 0 Å². The Balaban J connectivity index is 1.64. The minimum Gasteiger partial charge on any atom is -0.497 e. The first-order valence-corrected chi connectivity index (χ1v) is 11.9. The van der Waals surface area contributed by atoms with Crippen LogP contribution >= 0.6 is 0 Å². The summed E-state index contributed by atoms with van der Waals surface area (Å²) in [6.45, 7) is 0. The van der Waals surface area contributed by atoms with Crippen molar-refractivity contribution in [1.82, 2.24) is 14.1 Å². The molecule has 4 aromatic carbocycles. The Morgan fingerprint density at radius 2 is 1.11 bits per heavy atom. The van der Waals surface area contributed by atoms with E-state index in [2.05, 4.69) is 88.0 Å². The number of hydrogen-bond acceptors (Lipinski definition) is 3. The molecular formula is C31H23N3O2. The molecule has 0 aliphatic heterocycles. The lowest BCUT2D eigenvalue weighted by molar-refractivity contribution is 0.414. The molecule has 3 aromatic heterocycles. The zero-order valence-electron chi connectivity index (χ0n) is 20.0. The highest BCUT2D eigenvalue weighted by Gasteiger charge is 2.19. The van der Waals surface area contributed by atoms with Crippen LogP contribution in [0.25, 0.3) is 55.2 Å². The molecule has 5 heteroatoms. The van der Waals surface area contributed by atoms with Crippen molar-refractivity contribution in [3.05, 3.63) is 103 Å². The number of methoxy groups -OCH3 is 2. The van der Waals surface area contributed by atoms with E-state index in [1.54, 1.807) is 14.2 Å². The lowest BCUT2D eigenvalue weighted by Crippen LogP contribution is -1.97. The highest BCUT2D eigenvalue weighted by molar-refractivity contribution is 6.15. The molecule has 3 heterocycles. The summed E-state index contributed by atoms with van der Waals surface area (Å²) in [4.78, 5) is 5.33. The monoisotopic (exact) mass is 469 g/mol. The first kappa shape index (κ1) is 20.6. The average Bonchev–Trinajstić information content (AvgIpc) is 3.44. The second-order valence-corrected chi connectivity index (χ2v) is 8.84. The SMILES string of the molecule is COc1cccc(-n2c3ccccc3c3nc4c(cc32)c2ccccc2n4-c2cccc(OC)c2)c1. The van der Waals surface area contributed by atoms with E-state index < -0.39 is 0 Å². The molecule has 0 N–H and O–H groups in total. The van der Waals surface area contributed by atoms with Gasteiger partial charge in [-0.15, -0.1) is 0 Å². The van der Waals surface area contributed by atoms with Gasteiger partial charge in [0.05, 0.1) is 42.0 Å². The molecule has 0 spiro atoms. The fourth-order valence-electron chi connectivity index (χ4n) is 5.28. The maximum absolute atomic E-state index is 5.53. The summed E-state index contributed by atoms with van der Waals surface area (Å²) in [5.41, 5.74) is 7.22. The smallest absolute Gasteiger partial charge is 0.146 e. The van der Waals surface area contributed by atoms with Crippen LogP contribution in [0.2, 0.25) is 0 Å². The van der Waals surface area contributed by atoms with Gasteiger partial charge < -0.3 is 14.0 Å². The van der Waals surface area contributed by atoms with E-state index in [0.29, 0.717) is 0 Å². The fraction of sp³-hybridized carbons (Fsp3) is 0.0645. The van der Waals surface area contributed by atoms with Crippen LogP contribution in [0.3, 0.4) is 0 Å². The standard InChI is InChI=1S/C31H23N3O2/c1-35-22-11-7-9-20(17-22)33-28-16-6-4-14-25(28)30-29(33)19-26-24-13-3-5-15-27(24)34(31(26)32-30)21-10-8-12-23(18-21)36-2/h3-19H,1-2H3. The van der Waals surface area contributed by atoms with Gasteiger partial charge in [0.25, 0.3) is 0 Å². The van der Waals surface area contributed by atoms with Gasteiger partial charge >= 0.3 is 0 Å². The molecule has 5 nitrogen and oxygen atoms in total. The quantitative estimate of drug-likeness (QED) is 0.272. The molecule has 7 aromatic rings. The van der Waals surface area contributed by atoms with Crippen molar-refractivity contribution in [3.63, 3.8) is 0 Å². The molecule has 0 radical (unpaired) electrons. The maximum atomic E-state index is 5.53. The number of benzene rings is 4. The van der Waals surface area contributed by atoms with Gasteiger partial charge in [-0.1, -0.05) is 48.5 Å². The van der Waals surface area contributed by atoms with Crippen molar-refractivity contribution in [1.29, 1.82) is 0 Å². The number of fused-ring (bicyclic) bond motifs is 6. The normalized spacial score (nSPS) is 11.6. The van der Waals surface area contributed by atoms with E-state index in [9.17, 15) is 0 Å². The average molecular weight is 470 g/mol. The summed E-state index contributed by atoms with van der Waals surface area (Å²) in [6.07, 6.45) is 0. The lowest BCUT2D eigenvalue weighted by atomic mass is 10.2. The number of pyridine rings is 1. The predicted molar refractivity (Wildman–Crippen MR) is 146 cm³/mol. The number of hydrogen-bond donors (Lipinski definition) is 0. The third kappa shape index (κ3) is 2.93. The molecular weight excluding hydrogens is 446 g/mol. The number of rotatable bonds is 4. The molecule has 36 heavy (non-hydrogen) atoms. The van der Waals surface area contributed by atoms with Gasteiger partial charge in [0, 0.05) is 34.0 Å². The summed E-state index contributed by atoms with van der Waals surface area (Å²) in [5, 5.41) is 3.37. The predicted octanol–water partition coefficient (Wildman–Crippen LogP) is 7.29. The zero-order valence-corrected chi connectivity index (χ0v) is 20.0. The molecule has 0 saturated carbocycles. The Labute approximate surface area is 207 Å². The van der Waals surface area contributed by atoms with Crippen LogP contribution in [0.4, 0.5) is 0 Å². The fourth-order valence-corrected chi connectivity index (χ4v) is 5.28. The van der Waals surface area contributed by atoms with E-state index in [-0.39, 0.29) is 0 Å². The van der Waals surface area contributed by atoms with Crippen LogP contribution in [0.1, 0.15) is 0 Å². The molecule has 0 aliphatic rings. The van der Waals surface area contributed by atoms with Crippen molar-refractivity contribution in [2.24, 2.45) is 0 Å². The van der Waals surface area contributed by atoms with E-state index in [4.69, 9.17) is 14.5 Å². The Bertz CT molecular complexity index is 1790. The van der Waals surface area contributed by atoms with E-state index >= 15 is 0 Å². The van der Waals surface area contributed by atoms with Crippen molar-refractivity contribution in [2.45, 2.75) is 0 Å². The van der Waals surface area contributed by atoms with Gasteiger partial charge in [0.1, 0.15) is 17.1 Å². The number of ether oxygens (including phenoxy) is 2. The van der Waals surface area contributed by atoms with E-state index in [0.717, 1.165) is 66.7 Å². The van der Waals surface area contributed by atoms with Gasteiger partial charge in [-0.2, -0.15) is 0 Å². The molecule has 0 amide bonds. The molecule has 0 unspecified atom stereocenters. The topological polar surface area (TPSA) is 41.2 Å². The number of para-hydroxylation sites is 2. The third-order valence-corrected chi connectivity index (χ3v) is 6.89. The van der Waals surface area contributed by atoms with Crippen LogP contribution in [-0.4, -0.2) is 28.3 Å². The molecule has 0 aliphatic carbocycles. The van der Waals surface area contributed by atoms with E-state index in [1.165, 1.54) is 0 Å². The molecule has 0 saturated heterocycles. The Kier molecular flexibility index (Phi) is 4.51. The minimum atomic E-state index is 0.814. The van der Waals surface area contributed by atoms with Crippen LogP contribution in [0.15, 0.2) is 103 Å². The van der Waals surface area contributed by atoms with E-state index in [1.807, 2.05) is 24.3 Å². The minimum absolute atomic E-state index is 0.814. The highest BCUT2D eigenvalue weighted by atomic mass is 16.5. The molecule has 0 bridgehead atoms. The van der Waals surface area contributed by atoms with Gasteiger partial charge in [-0.25, -0.2) is 4.98 Å². The number of aromatic nitrogens is 3. The van der Waals surface area contributed by atoms with Crippen LogP contribution in [0.5, 0.6) is 11.5 Å². The molecule has 7 rings (SSSR count). The second-order valence-electron chi connectivity index (χ2n) is 8.84. The molecule has 0 atom stereocenters. The van der Waals surface area contributed by atoms with Crippen LogP contribution in [-0.2, 0) is 0 Å². The van der Waals surface area contributed by atoms with Gasteiger partial charge in [-0.05, 0) is 42.5 Å². The summed E-state index contributed by atoms with van der Waals surface area (Å²) in [5.74, 6) is 1.64. The van der Waals surface area contributed by atoms with Gasteiger partial charge in [-0.3, -0.25) is 4.57 Å². The van der Waals surface area contributed by atoms with Crippen LogP contribution < -0.4 is 9.47 Å². The van der Waals surface area contributed by atoms with Gasteiger partial charge in [0.2, 0.25) is 0 Å². The molecule has 174 valence electrons.